The van der Waals surface area contributed by atoms with Crippen LogP contribution in [0.25, 0.3) is 0 Å². The Morgan fingerprint density at radius 1 is 1.45 bits per heavy atom. The van der Waals surface area contributed by atoms with Crippen molar-refractivity contribution >= 4 is 28.9 Å². The van der Waals surface area contributed by atoms with Gasteiger partial charge in [-0.05, 0) is 11.8 Å². The summed E-state index contributed by atoms with van der Waals surface area (Å²) in [4.78, 5) is 31.7. The van der Waals surface area contributed by atoms with Crippen LogP contribution < -0.4 is 5.32 Å². The van der Waals surface area contributed by atoms with Gasteiger partial charge in [0, 0.05) is 20.6 Å². The summed E-state index contributed by atoms with van der Waals surface area (Å²) in [5.41, 5.74) is 0. The molecule has 116 valence electrons. The molecule has 2 atom stereocenters. The van der Waals surface area contributed by atoms with E-state index in [2.05, 4.69) is 27.1 Å². The minimum Gasteiger partial charge on any atom is -0.332 e. The lowest BCUT2D eigenvalue weighted by Gasteiger charge is -2.35. The average molecular weight is 321 g/mol. The summed E-state index contributed by atoms with van der Waals surface area (Å²) >= 11 is 1.30. The van der Waals surface area contributed by atoms with Crippen LogP contribution in [0.2, 0.25) is 0 Å². The van der Waals surface area contributed by atoms with Crippen LogP contribution in [0.5, 0.6) is 0 Å². The number of likely N-dealkylation sites (N-methyl/N-ethyl adjacent to an activating group) is 1. The van der Waals surface area contributed by atoms with E-state index < -0.39 is 18.2 Å². The van der Waals surface area contributed by atoms with Gasteiger partial charge in [0.2, 0.25) is 0 Å². The Balaban J connectivity index is 1.93. The number of hydrogen-bond donors (Lipinski definition) is 1. The van der Waals surface area contributed by atoms with Gasteiger partial charge in [0.1, 0.15) is 6.33 Å². The van der Waals surface area contributed by atoms with Crippen molar-refractivity contribution in [3.63, 3.8) is 0 Å². The molecule has 3 heterocycles. The molecule has 3 rings (SSSR count). The Bertz CT molecular complexity index is 670. The molecular formula is C12H15N7O2S. The number of fused-ring (bicyclic) bond motifs is 1. The summed E-state index contributed by atoms with van der Waals surface area (Å²) in [7, 11) is 3.44. The number of urea groups is 1. The number of amidine groups is 1. The van der Waals surface area contributed by atoms with Gasteiger partial charge < -0.3 is 14.4 Å². The number of aromatic nitrogens is 3. The number of aryl methyl sites for hydroxylation is 1. The first kappa shape index (κ1) is 14.6. The van der Waals surface area contributed by atoms with Crippen molar-refractivity contribution in [3.8, 4) is 0 Å². The molecule has 0 bridgehead atoms. The Kier molecular flexibility index (Phi) is 3.61. The molecule has 0 saturated carbocycles. The maximum atomic E-state index is 12.2. The van der Waals surface area contributed by atoms with Crippen LogP contribution in [-0.4, -0.2) is 67.5 Å². The highest BCUT2D eigenvalue weighted by molar-refractivity contribution is 8.13. The van der Waals surface area contributed by atoms with Gasteiger partial charge in [0.25, 0.3) is 5.91 Å². The fourth-order valence-electron chi connectivity index (χ4n) is 2.36. The molecule has 10 heteroatoms. The predicted molar refractivity (Wildman–Crippen MR) is 80.1 cm³/mol. The molecule has 1 fully saturated rings. The number of nitrogens with one attached hydrogen (secondary N) is 1. The standard InChI is InChI=1S/C12H15N7O2S/c1-4-5-19-7-8(18(3)10(21)15-9(7)20)14-11(19)22-12-16-13-6-17(12)2/h4,6-8H,1,5H2,2-3H3,(H,15,20,21). The minimum atomic E-state index is -0.559. The monoisotopic (exact) mass is 321 g/mol. The van der Waals surface area contributed by atoms with Crippen molar-refractivity contribution in [2.45, 2.75) is 17.4 Å². The Labute approximate surface area is 131 Å². The van der Waals surface area contributed by atoms with Crippen LogP contribution in [0.1, 0.15) is 0 Å². The Morgan fingerprint density at radius 2 is 2.23 bits per heavy atom. The third-order valence-electron chi connectivity index (χ3n) is 3.50. The summed E-state index contributed by atoms with van der Waals surface area (Å²) in [6.45, 7) is 4.16. The quantitative estimate of drug-likeness (QED) is 0.764. The first-order valence-electron chi connectivity index (χ1n) is 6.57. The van der Waals surface area contributed by atoms with Gasteiger partial charge in [-0.1, -0.05) is 6.08 Å². The molecule has 0 radical (unpaired) electrons. The van der Waals surface area contributed by atoms with Crippen LogP contribution in [0.4, 0.5) is 4.79 Å². The zero-order valence-corrected chi connectivity index (χ0v) is 12.9. The van der Waals surface area contributed by atoms with Crippen LogP contribution in [0.15, 0.2) is 29.1 Å². The van der Waals surface area contributed by atoms with Crippen molar-refractivity contribution in [1.29, 1.82) is 0 Å². The second kappa shape index (κ2) is 5.44. The summed E-state index contributed by atoms with van der Waals surface area (Å²) in [6.07, 6.45) is 2.74. The van der Waals surface area contributed by atoms with E-state index in [0.717, 1.165) is 0 Å². The molecule has 2 aliphatic rings. The largest absolute Gasteiger partial charge is 0.332 e. The van der Waals surface area contributed by atoms with Crippen LogP contribution in [0, 0.1) is 0 Å². The topological polar surface area (TPSA) is 95.7 Å². The smallest absolute Gasteiger partial charge is 0.325 e. The number of imide groups is 1. The summed E-state index contributed by atoms with van der Waals surface area (Å²) < 4.78 is 1.76. The van der Waals surface area contributed by atoms with Crippen molar-refractivity contribution in [2.75, 3.05) is 13.6 Å². The van der Waals surface area contributed by atoms with E-state index in [1.54, 1.807) is 24.0 Å². The normalized spacial score (nSPS) is 24.2. The second-order valence-corrected chi connectivity index (χ2v) is 5.88. The van der Waals surface area contributed by atoms with Crippen molar-refractivity contribution in [1.82, 2.24) is 29.9 Å². The minimum absolute atomic E-state index is 0.354. The molecule has 1 saturated heterocycles. The number of nitrogens with zero attached hydrogens (tertiary/aromatic N) is 6. The molecule has 3 amide bonds. The predicted octanol–water partition coefficient (Wildman–Crippen LogP) is -0.359. The van der Waals surface area contributed by atoms with Gasteiger partial charge in [-0.2, -0.15) is 0 Å². The number of hydrogen-bond acceptors (Lipinski definition) is 7. The van der Waals surface area contributed by atoms with E-state index >= 15 is 0 Å². The highest BCUT2D eigenvalue weighted by atomic mass is 32.2. The van der Waals surface area contributed by atoms with E-state index in [0.29, 0.717) is 16.9 Å². The van der Waals surface area contributed by atoms with Crippen molar-refractivity contribution in [2.24, 2.45) is 12.0 Å². The zero-order valence-electron chi connectivity index (χ0n) is 12.1. The van der Waals surface area contributed by atoms with Crippen LogP contribution in [-0.2, 0) is 11.8 Å². The van der Waals surface area contributed by atoms with Crippen molar-refractivity contribution < 1.29 is 9.59 Å². The second-order valence-electron chi connectivity index (χ2n) is 4.94. The van der Waals surface area contributed by atoms with Gasteiger partial charge in [0.15, 0.2) is 22.5 Å². The Hall–Kier alpha value is -2.36. The molecule has 1 aromatic rings. The third-order valence-corrected chi connectivity index (χ3v) is 4.58. The van der Waals surface area contributed by atoms with Crippen LogP contribution >= 0.6 is 11.8 Å². The number of carbonyl (C=O) groups is 2. The lowest BCUT2D eigenvalue weighted by atomic mass is 10.1. The lowest BCUT2D eigenvalue weighted by molar-refractivity contribution is -0.126. The van der Waals surface area contributed by atoms with E-state index in [1.165, 1.54) is 16.7 Å². The highest BCUT2D eigenvalue weighted by Gasteiger charge is 2.48. The van der Waals surface area contributed by atoms with Gasteiger partial charge >= 0.3 is 6.03 Å². The molecular weight excluding hydrogens is 306 g/mol. The van der Waals surface area contributed by atoms with Crippen molar-refractivity contribution in [3.05, 3.63) is 19.0 Å². The summed E-state index contributed by atoms with van der Waals surface area (Å²) in [5, 5.41) is 11.4. The molecule has 0 aliphatic carbocycles. The summed E-state index contributed by atoms with van der Waals surface area (Å²) in [6, 6.07) is -1.00. The zero-order chi connectivity index (χ0) is 15.9. The number of aliphatic imine (C=N–C) groups is 1. The number of amides is 3. The Morgan fingerprint density at radius 3 is 2.86 bits per heavy atom. The molecule has 1 N–H and O–H groups in total. The average Bonchev–Trinajstić information content (AvgIpc) is 3.03. The van der Waals surface area contributed by atoms with E-state index in [-0.39, 0.29) is 5.91 Å². The van der Waals surface area contributed by atoms with Gasteiger partial charge in [0.05, 0.1) is 0 Å². The van der Waals surface area contributed by atoms with Gasteiger partial charge in [-0.25, -0.2) is 9.79 Å². The molecule has 0 spiro atoms. The maximum Gasteiger partial charge on any atom is 0.325 e. The fraction of sp³-hybridized carbons (Fsp3) is 0.417. The SMILES string of the molecule is C=CCN1C(Sc2nncn2C)=NC2C1C(=O)NC(=O)N2C. The lowest BCUT2D eigenvalue weighted by Crippen LogP contribution is -2.63. The summed E-state index contributed by atoms with van der Waals surface area (Å²) in [5.74, 6) is -0.354. The fourth-order valence-corrected chi connectivity index (χ4v) is 3.27. The molecule has 0 aromatic carbocycles. The molecule has 9 nitrogen and oxygen atoms in total. The van der Waals surface area contributed by atoms with Gasteiger partial charge in [-0.15, -0.1) is 16.8 Å². The molecule has 22 heavy (non-hydrogen) atoms. The van der Waals surface area contributed by atoms with Crippen LogP contribution in [0.3, 0.4) is 0 Å². The molecule has 2 aliphatic heterocycles. The number of thioether (sulfide) groups is 1. The van der Waals surface area contributed by atoms with E-state index in [9.17, 15) is 9.59 Å². The number of carbonyl (C=O) groups excluding carboxylic acids is 2. The van der Waals surface area contributed by atoms with E-state index in [1.807, 2.05) is 11.9 Å². The molecule has 1 aromatic heterocycles. The first-order valence-corrected chi connectivity index (χ1v) is 7.39. The molecule has 2 unspecified atom stereocenters. The highest BCUT2D eigenvalue weighted by Crippen LogP contribution is 2.30. The number of rotatable bonds is 3. The van der Waals surface area contributed by atoms with Gasteiger partial charge in [-0.3, -0.25) is 10.1 Å². The maximum absolute atomic E-state index is 12.2. The third kappa shape index (κ3) is 2.25. The van der Waals surface area contributed by atoms with E-state index in [4.69, 9.17) is 0 Å². The first-order chi connectivity index (χ1) is 10.5.